The van der Waals surface area contributed by atoms with Crippen LogP contribution in [0.25, 0.3) is 0 Å². The third-order valence-corrected chi connectivity index (χ3v) is 3.11. The number of nitrogens with zero attached hydrogens (tertiary/aromatic N) is 5. The number of aromatic nitrogens is 5. The van der Waals surface area contributed by atoms with Gasteiger partial charge in [0.1, 0.15) is 12.2 Å². The standard InChI is InChI=1S/C12H20N6/c1-5-10-6-11(18(4)16-10)7-13-9(2)12-15-14-8-17(12)3/h6,8-9,13H,5,7H2,1-4H3. The summed E-state index contributed by atoms with van der Waals surface area (Å²) in [5.41, 5.74) is 2.31. The Morgan fingerprint density at radius 3 is 2.72 bits per heavy atom. The highest BCUT2D eigenvalue weighted by Crippen LogP contribution is 2.09. The van der Waals surface area contributed by atoms with E-state index in [-0.39, 0.29) is 6.04 Å². The molecule has 2 rings (SSSR count). The first-order valence-electron chi connectivity index (χ1n) is 6.21. The van der Waals surface area contributed by atoms with Crippen LogP contribution in [0.2, 0.25) is 0 Å². The summed E-state index contributed by atoms with van der Waals surface area (Å²) in [6.45, 7) is 4.97. The molecule has 0 saturated heterocycles. The minimum atomic E-state index is 0.164. The van der Waals surface area contributed by atoms with Crippen molar-refractivity contribution in [2.45, 2.75) is 32.9 Å². The Kier molecular flexibility index (Phi) is 3.76. The van der Waals surface area contributed by atoms with Gasteiger partial charge in [0.25, 0.3) is 0 Å². The van der Waals surface area contributed by atoms with Crippen molar-refractivity contribution in [3.8, 4) is 0 Å². The fourth-order valence-electron chi connectivity index (χ4n) is 1.94. The fourth-order valence-corrected chi connectivity index (χ4v) is 1.94. The van der Waals surface area contributed by atoms with Crippen molar-refractivity contribution in [2.75, 3.05) is 0 Å². The minimum absolute atomic E-state index is 0.164. The van der Waals surface area contributed by atoms with E-state index in [9.17, 15) is 0 Å². The molecule has 0 bridgehead atoms. The lowest BCUT2D eigenvalue weighted by atomic mass is 10.2. The number of rotatable bonds is 5. The second-order valence-electron chi connectivity index (χ2n) is 4.51. The van der Waals surface area contributed by atoms with E-state index < -0.39 is 0 Å². The highest BCUT2D eigenvalue weighted by molar-refractivity contribution is 5.10. The number of hydrogen-bond acceptors (Lipinski definition) is 4. The van der Waals surface area contributed by atoms with Gasteiger partial charge in [-0.25, -0.2) is 0 Å². The molecular formula is C12H20N6. The van der Waals surface area contributed by atoms with Crippen LogP contribution in [0.15, 0.2) is 12.4 Å². The highest BCUT2D eigenvalue weighted by atomic mass is 15.3. The van der Waals surface area contributed by atoms with E-state index in [1.807, 2.05) is 23.3 Å². The van der Waals surface area contributed by atoms with Crippen LogP contribution in [0.1, 0.15) is 37.1 Å². The van der Waals surface area contributed by atoms with Crippen molar-refractivity contribution in [1.82, 2.24) is 29.9 Å². The van der Waals surface area contributed by atoms with Gasteiger partial charge < -0.3 is 9.88 Å². The summed E-state index contributed by atoms with van der Waals surface area (Å²) in [6.07, 6.45) is 2.68. The first-order chi connectivity index (χ1) is 8.61. The predicted octanol–water partition coefficient (Wildman–Crippen LogP) is 0.962. The molecule has 0 fully saturated rings. The molecule has 0 saturated carbocycles. The molecule has 0 aliphatic carbocycles. The van der Waals surface area contributed by atoms with Gasteiger partial charge in [-0.05, 0) is 19.4 Å². The van der Waals surface area contributed by atoms with Gasteiger partial charge in [-0.1, -0.05) is 6.92 Å². The average Bonchev–Trinajstić information content (AvgIpc) is 2.92. The lowest BCUT2D eigenvalue weighted by molar-refractivity contribution is 0.511. The summed E-state index contributed by atoms with van der Waals surface area (Å²) in [7, 11) is 3.93. The minimum Gasteiger partial charge on any atom is -0.319 e. The van der Waals surface area contributed by atoms with Crippen LogP contribution in [0, 0.1) is 0 Å². The molecular weight excluding hydrogens is 228 g/mol. The van der Waals surface area contributed by atoms with Gasteiger partial charge in [-0.3, -0.25) is 4.68 Å². The lowest BCUT2D eigenvalue weighted by Gasteiger charge is -2.12. The van der Waals surface area contributed by atoms with E-state index in [1.54, 1.807) is 6.33 Å². The molecule has 0 aliphatic heterocycles. The summed E-state index contributed by atoms with van der Waals surface area (Å²) >= 11 is 0. The Hall–Kier alpha value is -1.69. The van der Waals surface area contributed by atoms with Gasteiger partial charge >= 0.3 is 0 Å². The summed E-state index contributed by atoms with van der Waals surface area (Å²) in [5, 5.41) is 15.9. The second-order valence-corrected chi connectivity index (χ2v) is 4.51. The Balaban J connectivity index is 1.99. The maximum atomic E-state index is 4.43. The summed E-state index contributed by atoms with van der Waals surface area (Å²) in [5.74, 6) is 0.938. The van der Waals surface area contributed by atoms with Crippen LogP contribution in [-0.2, 0) is 27.1 Å². The third kappa shape index (κ3) is 2.59. The maximum absolute atomic E-state index is 4.43. The Morgan fingerprint density at radius 1 is 1.39 bits per heavy atom. The number of hydrogen-bond donors (Lipinski definition) is 1. The van der Waals surface area contributed by atoms with E-state index in [1.165, 1.54) is 5.69 Å². The molecule has 0 aliphatic rings. The molecule has 0 spiro atoms. The fraction of sp³-hybridized carbons (Fsp3) is 0.583. The summed E-state index contributed by atoms with van der Waals surface area (Å²) < 4.78 is 3.85. The Morgan fingerprint density at radius 2 is 2.17 bits per heavy atom. The van der Waals surface area contributed by atoms with Gasteiger partial charge in [-0.15, -0.1) is 10.2 Å². The Labute approximate surface area is 107 Å². The van der Waals surface area contributed by atoms with Crippen LogP contribution in [0.5, 0.6) is 0 Å². The normalized spacial score (nSPS) is 12.9. The molecule has 98 valence electrons. The van der Waals surface area contributed by atoms with Crippen molar-refractivity contribution in [3.05, 3.63) is 29.6 Å². The van der Waals surface area contributed by atoms with Crippen molar-refractivity contribution in [2.24, 2.45) is 14.1 Å². The van der Waals surface area contributed by atoms with E-state index in [0.717, 1.165) is 24.5 Å². The van der Waals surface area contributed by atoms with Gasteiger partial charge in [0, 0.05) is 20.6 Å². The second kappa shape index (κ2) is 5.30. The lowest BCUT2D eigenvalue weighted by Crippen LogP contribution is -2.22. The van der Waals surface area contributed by atoms with Crippen LogP contribution in [-0.4, -0.2) is 24.5 Å². The molecule has 2 aromatic heterocycles. The van der Waals surface area contributed by atoms with Crippen molar-refractivity contribution in [3.63, 3.8) is 0 Å². The van der Waals surface area contributed by atoms with Crippen LogP contribution in [0.4, 0.5) is 0 Å². The Bertz CT molecular complexity index is 512. The van der Waals surface area contributed by atoms with Crippen LogP contribution in [0.3, 0.4) is 0 Å². The molecule has 1 unspecified atom stereocenters. The van der Waals surface area contributed by atoms with E-state index in [2.05, 4.69) is 40.5 Å². The third-order valence-electron chi connectivity index (χ3n) is 3.11. The molecule has 2 heterocycles. The SMILES string of the molecule is CCc1cc(CNC(C)c2nncn2C)n(C)n1. The first-order valence-corrected chi connectivity index (χ1v) is 6.21. The molecule has 1 atom stereocenters. The van der Waals surface area contributed by atoms with Crippen molar-refractivity contribution < 1.29 is 0 Å². The molecule has 0 aromatic carbocycles. The quantitative estimate of drug-likeness (QED) is 0.856. The van der Waals surface area contributed by atoms with E-state index >= 15 is 0 Å². The number of nitrogens with one attached hydrogen (secondary N) is 1. The average molecular weight is 248 g/mol. The van der Waals surface area contributed by atoms with E-state index in [4.69, 9.17) is 0 Å². The van der Waals surface area contributed by atoms with E-state index in [0.29, 0.717) is 0 Å². The summed E-state index contributed by atoms with van der Waals surface area (Å²) in [6, 6.07) is 2.30. The zero-order valence-electron chi connectivity index (χ0n) is 11.4. The van der Waals surface area contributed by atoms with Crippen molar-refractivity contribution in [1.29, 1.82) is 0 Å². The van der Waals surface area contributed by atoms with Gasteiger partial charge in [0.05, 0.1) is 17.4 Å². The maximum Gasteiger partial charge on any atom is 0.149 e. The number of aryl methyl sites for hydroxylation is 3. The van der Waals surface area contributed by atoms with Gasteiger partial charge in [0.15, 0.2) is 0 Å². The zero-order valence-corrected chi connectivity index (χ0v) is 11.4. The topological polar surface area (TPSA) is 60.6 Å². The zero-order chi connectivity index (χ0) is 13.1. The molecule has 18 heavy (non-hydrogen) atoms. The molecule has 1 N–H and O–H groups in total. The van der Waals surface area contributed by atoms with Crippen molar-refractivity contribution >= 4 is 0 Å². The monoisotopic (exact) mass is 248 g/mol. The molecule has 2 aromatic rings. The highest BCUT2D eigenvalue weighted by Gasteiger charge is 2.11. The van der Waals surface area contributed by atoms with Gasteiger partial charge in [-0.2, -0.15) is 5.10 Å². The molecule has 6 heteroatoms. The largest absolute Gasteiger partial charge is 0.319 e. The molecule has 0 radical (unpaired) electrons. The first kappa shape index (κ1) is 12.8. The van der Waals surface area contributed by atoms with Crippen LogP contribution >= 0.6 is 0 Å². The molecule has 0 amide bonds. The van der Waals surface area contributed by atoms with Crippen LogP contribution < -0.4 is 5.32 Å². The summed E-state index contributed by atoms with van der Waals surface area (Å²) in [4.78, 5) is 0. The van der Waals surface area contributed by atoms with Gasteiger partial charge in [0.2, 0.25) is 0 Å². The predicted molar refractivity (Wildman–Crippen MR) is 68.8 cm³/mol. The smallest absolute Gasteiger partial charge is 0.149 e. The molecule has 6 nitrogen and oxygen atoms in total.